The van der Waals surface area contributed by atoms with Gasteiger partial charge in [-0.1, -0.05) is 18.7 Å². The summed E-state index contributed by atoms with van der Waals surface area (Å²) in [7, 11) is 0. The largest absolute Gasteiger partial charge is 0.398 e. The monoisotopic (exact) mass is 152 g/mol. The maximum Gasteiger partial charge on any atom is 0.250 e. The predicted molar refractivity (Wildman–Crippen MR) is 45.4 cm³/mol. The molecule has 0 radical (unpaired) electrons. The molecule has 0 rings (SSSR count). The summed E-state index contributed by atoms with van der Waals surface area (Å²) in [4.78, 5) is 10.7. The quantitative estimate of drug-likeness (QED) is 0.455. The van der Waals surface area contributed by atoms with Crippen molar-refractivity contribution in [1.82, 2.24) is 0 Å². The minimum Gasteiger partial charge on any atom is -0.398 e. The van der Waals surface area contributed by atoms with E-state index in [0.717, 1.165) is 0 Å². The van der Waals surface area contributed by atoms with Gasteiger partial charge in [0.2, 0.25) is 0 Å². The summed E-state index contributed by atoms with van der Waals surface area (Å²) in [6.45, 7) is 5.16. The molecule has 0 atom stereocenters. The van der Waals surface area contributed by atoms with E-state index < -0.39 is 5.91 Å². The van der Waals surface area contributed by atoms with E-state index >= 15 is 0 Å². The maximum atomic E-state index is 10.7. The molecule has 0 aliphatic carbocycles. The van der Waals surface area contributed by atoms with Crippen molar-refractivity contribution in [3.8, 4) is 0 Å². The normalized spacial score (nSPS) is 12.8. The lowest BCUT2D eigenvalue weighted by molar-refractivity contribution is -0.114. The second-order valence-electron chi connectivity index (χ2n) is 1.92. The topological polar surface area (TPSA) is 69.1 Å². The van der Waals surface area contributed by atoms with Crippen LogP contribution in [-0.2, 0) is 4.79 Å². The van der Waals surface area contributed by atoms with Gasteiger partial charge in [-0.3, -0.25) is 4.79 Å². The first kappa shape index (κ1) is 9.49. The maximum absolute atomic E-state index is 10.7. The van der Waals surface area contributed by atoms with Crippen LogP contribution in [0.4, 0.5) is 0 Å². The molecule has 0 aliphatic heterocycles. The van der Waals surface area contributed by atoms with E-state index in [-0.39, 0.29) is 0 Å². The lowest BCUT2D eigenvalue weighted by Gasteiger charge is -2.00. The van der Waals surface area contributed by atoms with Gasteiger partial charge in [-0.2, -0.15) is 0 Å². The molecule has 0 heterocycles. The number of nitrogens with two attached hydrogens (primary N) is 2. The Labute approximate surface area is 66.1 Å². The van der Waals surface area contributed by atoms with Crippen LogP contribution in [0.25, 0.3) is 0 Å². The van der Waals surface area contributed by atoms with E-state index in [0.29, 0.717) is 11.3 Å². The molecule has 0 aromatic rings. The molecule has 0 saturated carbocycles. The minimum absolute atomic E-state index is 0.294. The molecular formula is C8H12N2O. The van der Waals surface area contributed by atoms with Gasteiger partial charge in [0.25, 0.3) is 5.91 Å². The van der Waals surface area contributed by atoms with Crippen molar-refractivity contribution in [2.75, 3.05) is 0 Å². The summed E-state index contributed by atoms with van der Waals surface area (Å²) in [6.07, 6.45) is 4.56. The number of hydrogen-bond acceptors (Lipinski definition) is 2. The molecule has 1 amide bonds. The van der Waals surface area contributed by atoms with Gasteiger partial charge >= 0.3 is 0 Å². The van der Waals surface area contributed by atoms with E-state index in [2.05, 4.69) is 6.58 Å². The van der Waals surface area contributed by atoms with Crippen LogP contribution in [-0.4, -0.2) is 5.91 Å². The molecule has 0 aromatic carbocycles. The molecule has 3 heteroatoms. The number of primary amides is 1. The van der Waals surface area contributed by atoms with Crippen LogP contribution < -0.4 is 11.5 Å². The smallest absolute Gasteiger partial charge is 0.250 e. The number of allylic oxidation sites excluding steroid dienone is 3. The van der Waals surface area contributed by atoms with Crippen LogP contribution in [0.15, 0.2) is 36.1 Å². The third-order valence-corrected chi connectivity index (χ3v) is 1.17. The zero-order valence-electron chi connectivity index (χ0n) is 6.50. The fourth-order valence-electron chi connectivity index (χ4n) is 0.594. The van der Waals surface area contributed by atoms with Gasteiger partial charge in [0.1, 0.15) is 0 Å². The van der Waals surface area contributed by atoms with Gasteiger partial charge in [-0.15, -0.1) is 0 Å². The zero-order chi connectivity index (χ0) is 8.85. The van der Waals surface area contributed by atoms with Crippen molar-refractivity contribution in [3.05, 3.63) is 36.1 Å². The first-order valence-electron chi connectivity index (χ1n) is 3.18. The standard InChI is InChI=1S/C8H12N2O/c1-3-5-6(8(10)11)7(9)4-2/h3-5H,1,9H2,2H3,(H2,10,11)/b6-5+,7-4+. The molecule has 0 aliphatic rings. The van der Waals surface area contributed by atoms with Crippen molar-refractivity contribution in [1.29, 1.82) is 0 Å². The Kier molecular flexibility index (Phi) is 3.73. The first-order chi connectivity index (χ1) is 5.13. The summed E-state index contributed by atoms with van der Waals surface area (Å²) in [6, 6.07) is 0. The highest BCUT2D eigenvalue weighted by Gasteiger charge is 2.04. The van der Waals surface area contributed by atoms with Gasteiger partial charge in [0.05, 0.1) is 5.57 Å². The summed E-state index contributed by atoms with van der Waals surface area (Å²) < 4.78 is 0. The van der Waals surface area contributed by atoms with Crippen LogP contribution in [0.1, 0.15) is 6.92 Å². The fraction of sp³-hybridized carbons (Fsp3) is 0.125. The SMILES string of the molecule is C=C/C=C(C(N)=O)\C(N)=C/C. The summed E-state index contributed by atoms with van der Waals surface area (Å²) in [5.74, 6) is -0.541. The molecule has 3 nitrogen and oxygen atoms in total. The van der Waals surface area contributed by atoms with Gasteiger partial charge in [0, 0.05) is 5.70 Å². The lowest BCUT2D eigenvalue weighted by atomic mass is 10.1. The lowest BCUT2D eigenvalue weighted by Crippen LogP contribution is -2.18. The summed E-state index contributed by atoms with van der Waals surface area (Å²) in [5, 5.41) is 0. The molecule has 0 fully saturated rings. The van der Waals surface area contributed by atoms with Crippen LogP contribution in [0.2, 0.25) is 0 Å². The van der Waals surface area contributed by atoms with Crippen molar-refractivity contribution in [2.24, 2.45) is 11.5 Å². The Morgan fingerprint density at radius 1 is 1.45 bits per heavy atom. The summed E-state index contributed by atoms with van der Waals surface area (Å²) >= 11 is 0. The fourth-order valence-corrected chi connectivity index (χ4v) is 0.594. The van der Waals surface area contributed by atoms with Crippen LogP contribution in [0, 0.1) is 0 Å². The highest BCUT2D eigenvalue weighted by Crippen LogP contribution is 2.02. The van der Waals surface area contributed by atoms with Crippen LogP contribution in [0.5, 0.6) is 0 Å². The van der Waals surface area contributed by atoms with E-state index in [1.54, 1.807) is 13.0 Å². The molecule has 11 heavy (non-hydrogen) atoms. The average molecular weight is 152 g/mol. The second-order valence-corrected chi connectivity index (χ2v) is 1.92. The minimum atomic E-state index is -0.541. The molecule has 4 N–H and O–H groups in total. The van der Waals surface area contributed by atoms with Crippen LogP contribution >= 0.6 is 0 Å². The van der Waals surface area contributed by atoms with Gasteiger partial charge in [0.15, 0.2) is 0 Å². The van der Waals surface area contributed by atoms with E-state index in [1.165, 1.54) is 12.2 Å². The van der Waals surface area contributed by atoms with Crippen molar-refractivity contribution < 1.29 is 4.79 Å². The molecule has 0 bridgehead atoms. The van der Waals surface area contributed by atoms with E-state index in [9.17, 15) is 4.79 Å². The number of rotatable bonds is 3. The molecule has 0 spiro atoms. The Hall–Kier alpha value is -1.51. The van der Waals surface area contributed by atoms with Gasteiger partial charge in [-0.05, 0) is 13.0 Å². The Morgan fingerprint density at radius 2 is 2.00 bits per heavy atom. The molecule has 60 valence electrons. The van der Waals surface area contributed by atoms with E-state index in [1.807, 2.05) is 0 Å². The van der Waals surface area contributed by atoms with Crippen LogP contribution in [0.3, 0.4) is 0 Å². The Bertz CT molecular complexity index is 226. The van der Waals surface area contributed by atoms with Crippen molar-refractivity contribution in [3.63, 3.8) is 0 Å². The second kappa shape index (κ2) is 4.33. The van der Waals surface area contributed by atoms with E-state index in [4.69, 9.17) is 11.5 Å². The highest BCUT2D eigenvalue weighted by atomic mass is 16.1. The zero-order valence-corrected chi connectivity index (χ0v) is 6.50. The van der Waals surface area contributed by atoms with Gasteiger partial charge in [-0.25, -0.2) is 0 Å². The molecule has 0 unspecified atom stereocenters. The predicted octanol–water partition coefficient (Wildman–Crippen LogP) is 0.447. The number of carbonyl (C=O) groups excluding carboxylic acids is 1. The Morgan fingerprint density at radius 3 is 2.27 bits per heavy atom. The highest BCUT2D eigenvalue weighted by molar-refractivity contribution is 5.96. The van der Waals surface area contributed by atoms with Crippen molar-refractivity contribution in [2.45, 2.75) is 6.92 Å². The molecular weight excluding hydrogens is 140 g/mol. The third-order valence-electron chi connectivity index (χ3n) is 1.17. The average Bonchev–Trinajstić information content (AvgIpc) is 1.98. The Balaban J connectivity index is 4.76. The molecule has 0 saturated heterocycles. The first-order valence-corrected chi connectivity index (χ1v) is 3.18. The third kappa shape index (κ3) is 2.71. The number of amides is 1. The van der Waals surface area contributed by atoms with Crippen molar-refractivity contribution >= 4 is 5.91 Å². The number of carbonyl (C=O) groups is 1. The molecule has 0 aromatic heterocycles. The number of hydrogen-bond donors (Lipinski definition) is 2. The van der Waals surface area contributed by atoms with Gasteiger partial charge < -0.3 is 11.5 Å². The summed E-state index contributed by atoms with van der Waals surface area (Å²) in [5.41, 5.74) is 11.1.